The number of hydrogen-bond acceptors (Lipinski definition) is 5. The Hall–Kier alpha value is -4.06. The van der Waals surface area contributed by atoms with Crippen molar-refractivity contribution in [3.05, 3.63) is 95.9 Å². The van der Waals surface area contributed by atoms with Gasteiger partial charge in [-0.3, -0.25) is 4.79 Å². The van der Waals surface area contributed by atoms with Crippen LogP contribution in [0.4, 0.5) is 17.3 Å². The molecule has 6 heteroatoms. The van der Waals surface area contributed by atoms with Gasteiger partial charge in [0.15, 0.2) is 0 Å². The van der Waals surface area contributed by atoms with Gasteiger partial charge in [-0.15, -0.1) is 0 Å². The Balaban J connectivity index is 1.56. The maximum absolute atomic E-state index is 12.7. The third-order valence-corrected chi connectivity index (χ3v) is 4.55. The van der Waals surface area contributed by atoms with Crippen molar-refractivity contribution in [2.75, 3.05) is 10.6 Å². The van der Waals surface area contributed by atoms with Crippen molar-refractivity contribution >= 4 is 23.2 Å². The van der Waals surface area contributed by atoms with Crippen LogP contribution in [0.15, 0.2) is 79.0 Å². The number of nitrogens with one attached hydrogen (secondary N) is 2. The molecule has 0 fully saturated rings. The molecule has 0 unspecified atom stereocenters. The number of aryl methyl sites for hydroxylation is 2. The van der Waals surface area contributed by atoms with E-state index in [1.54, 1.807) is 18.3 Å². The number of nitrogens with zero attached hydrogens (tertiary/aromatic N) is 3. The molecule has 2 heterocycles. The standard InChI is InChI=1S/C24H21N5O/c1-16-8-7-13-25-23(16)29-24(30)19-11-6-12-20(14-19)28-22-15-21(26-17(2)27-22)18-9-4-3-5-10-18/h3-15H,1-2H3,(H,25,29,30)(H,26,27,28). The van der Waals surface area contributed by atoms with Gasteiger partial charge in [0.2, 0.25) is 0 Å². The van der Waals surface area contributed by atoms with Gasteiger partial charge in [-0.25, -0.2) is 15.0 Å². The third kappa shape index (κ3) is 4.50. The van der Waals surface area contributed by atoms with Crippen LogP contribution in [0, 0.1) is 13.8 Å². The highest BCUT2D eigenvalue weighted by molar-refractivity contribution is 6.04. The Morgan fingerprint density at radius 2 is 1.70 bits per heavy atom. The van der Waals surface area contributed by atoms with E-state index in [1.807, 2.05) is 74.5 Å². The molecule has 1 amide bonds. The molecule has 0 atom stereocenters. The van der Waals surface area contributed by atoms with Crippen LogP contribution in [-0.4, -0.2) is 20.9 Å². The summed E-state index contributed by atoms with van der Waals surface area (Å²) in [6, 6.07) is 22.9. The van der Waals surface area contributed by atoms with E-state index in [1.165, 1.54) is 0 Å². The molecule has 2 aromatic carbocycles. The zero-order valence-electron chi connectivity index (χ0n) is 16.8. The smallest absolute Gasteiger partial charge is 0.256 e. The molecule has 4 aromatic rings. The molecular weight excluding hydrogens is 374 g/mol. The first-order chi connectivity index (χ1) is 14.6. The summed E-state index contributed by atoms with van der Waals surface area (Å²) in [5.74, 6) is 1.67. The van der Waals surface area contributed by atoms with Crippen molar-refractivity contribution in [2.45, 2.75) is 13.8 Å². The normalized spacial score (nSPS) is 10.5. The van der Waals surface area contributed by atoms with Crippen LogP contribution in [0.2, 0.25) is 0 Å². The van der Waals surface area contributed by atoms with Crippen LogP contribution in [0.25, 0.3) is 11.3 Å². The summed E-state index contributed by atoms with van der Waals surface area (Å²) in [5, 5.41) is 6.13. The lowest BCUT2D eigenvalue weighted by molar-refractivity contribution is 0.102. The molecule has 0 spiro atoms. The number of pyridine rings is 1. The van der Waals surface area contributed by atoms with Crippen LogP contribution in [0.3, 0.4) is 0 Å². The fraction of sp³-hybridized carbons (Fsp3) is 0.0833. The minimum absolute atomic E-state index is 0.218. The van der Waals surface area contributed by atoms with Crippen molar-refractivity contribution in [1.29, 1.82) is 0 Å². The second kappa shape index (κ2) is 8.53. The molecular formula is C24H21N5O. The van der Waals surface area contributed by atoms with Crippen molar-refractivity contribution in [1.82, 2.24) is 15.0 Å². The van der Waals surface area contributed by atoms with Gasteiger partial charge in [0, 0.05) is 29.1 Å². The molecule has 4 rings (SSSR count). The largest absolute Gasteiger partial charge is 0.340 e. The van der Waals surface area contributed by atoms with Gasteiger partial charge in [-0.05, 0) is 43.7 Å². The maximum Gasteiger partial charge on any atom is 0.256 e. The molecule has 0 aliphatic heterocycles. The number of aromatic nitrogens is 3. The summed E-state index contributed by atoms with van der Waals surface area (Å²) < 4.78 is 0. The summed E-state index contributed by atoms with van der Waals surface area (Å²) >= 11 is 0. The van der Waals surface area contributed by atoms with E-state index in [0.29, 0.717) is 23.0 Å². The molecule has 0 aliphatic carbocycles. The van der Waals surface area contributed by atoms with Gasteiger partial charge in [-0.2, -0.15) is 0 Å². The molecule has 148 valence electrons. The molecule has 6 nitrogen and oxygen atoms in total. The summed E-state index contributed by atoms with van der Waals surface area (Å²) in [7, 11) is 0. The van der Waals surface area contributed by atoms with Crippen molar-refractivity contribution in [2.24, 2.45) is 0 Å². The molecule has 0 radical (unpaired) electrons. The molecule has 0 saturated heterocycles. The van der Waals surface area contributed by atoms with Crippen LogP contribution in [-0.2, 0) is 0 Å². The van der Waals surface area contributed by atoms with Crippen LogP contribution in [0.5, 0.6) is 0 Å². The van der Waals surface area contributed by atoms with Crippen LogP contribution < -0.4 is 10.6 Å². The van der Waals surface area contributed by atoms with Crippen molar-refractivity contribution in [3.8, 4) is 11.3 Å². The van der Waals surface area contributed by atoms with E-state index in [0.717, 1.165) is 22.5 Å². The van der Waals surface area contributed by atoms with E-state index in [4.69, 9.17) is 0 Å². The minimum Gasteiger partial charge on any atom is -0.340 e. The van der Waals surface area contributed by atoms with Gasteiger partial charge in [-0.1, -0.05) is 42.5 Å². The lowest BCUT2D eigenvalue weighted by Gasteiger charge is -2.11. The predicted octanol–water partition coefficient (Wildman–Crippen LogP) is 5.15. The second-order valence-electron chi connectivity index (χ2n) is 6.88. The van der Waals surface area contributed by atoms with Crippen molar-refractivity contribution < 1.29 is 4.79 Å². The highest BCUT2D eigenvalue weighted by atomic mass is 16.1. The molecule has 0 saturated carbocycles. The fourth-order valence-corrected chi connectivity index (χ4v) is 3.07. The molecule has 30 heavy (non-hydrogen) atoms. The first kappa shape index (κ1) is 19.3. The number of anilines is 3. The second-order valence-corrected chi connectivity index (χ2v) is 6.88. The monoisotopic (exact) mass is 395 g/mol. The van der Waals surface area contributed by atoms with Gasteiger partial charge in [0.1, 0.15) is 17.5 Å². The first-order valence-electron chi connectivity index (χ1n) is 9.60. The van der Waals surface area contributed by atoms with Gasteiger partial charge in [0.05, 0.1) is 5.69 Å². The Morgan fingerprint density at radius 3 is 2.50 bits per heavy atom. The minimum atomic E-state index is -0.218. The van der Waals surface area contributed by atoms with Gasteiger partial charge < -0.3 is 10.6 Å². The Bertz CT molecular complexity index is 1190. The first-order valence-corrected chi connectivity index (χ1v) is 9.60. The zero-order valence-corrected chi connectivity index (χ0v) is 16.8. The number of amides is 1. The van der Waals surface area contributed by atoms with E-state index >= 15 is 0 Å². The summed E-state index contributed by atoms with van der Waals surface area (Å²) in [6.07, 6.45) is 1.66. The summed E-state index contributed by atoms with van der Waals surface area (Å²) in [4.78, 5) is 25.9. The van der Waals surface area contributed by atoms with E-state index in [9.17, 15) is 4.79 Å². The number of carbonyl (C=O) groups excluding carboxylic acids is 1. The molecule has 2 N–H and O–H groups in total. The highest BCUT2D eigenvalue weighted by Gasteiger charge is 2.10. The molecule has 2 aromatic heterocycles. The van der Waals surface area contributed by atoms with E-state index < -0.39 is 0 Å². The summed E-state index contributed by atoms with van der Waals surface area (Å²) in [6.45, 7) is 3.76. The SMILES string of the molecule is Cc1nc(Nc2cccc(C(=O)Nc3ncccc3C)c2)cc(-c2ccccc2)n1. The number of benzene rings is 2. The molecule has 0 bridgehead atoms. The fourth-order valence-electron chi connectivity index (χ4n) is 3.07. The average Bonchev–Trinajstić information content (AvgIpc) is 2.76. The maximum atomic E-state index is 12.7. The van der Waals surface area contributed by atoms with E-state index in [2.05, 4.69) is 25.6 Å². The third-order valence-electron chi connectivity index (χ3n) is 4.55. The highest BCUT2D eigenvalue weighted by Crippen LogP contribution is 2.23. The number of carbonyl (C=O) groups is 1. The Kier molecular flexibility index (Phi) is 5.48. The topological polar surface area (TPSA) is 79.8 Å². The van der Waals surface area contributed by atoms with Gasteiger partial charge in [0.25, 0.3) is 5.91 Å². The van der Waals surface area contributed by atoms with Crippen LogP contribution >= 0.6 is 0 Å². The Labute approximate surface area is 175 Å². The number of hydrogen-bond donors (Lipinski definition) is 2. The lowest BCUT2D eigenvalue weighted by Crippen LogP contribution is -2.14. The Morgan fingerprint density at radius 1 is 0.867 bits per heavy atom. The quantitative estimate of drug-likeness (QED) is 0.488. The average molecular weight is 395 g/mol. The summed E-state index contributed by atoms with van der Waals surface area (Å²) in [5.41, 5.74) is 4.05. The number of rotatable bonds is 5. The predicted molar refractivity (Wildman–Crippen MR) is 119 cm³/mol. The lowest BCUT2D eigenvalue weighted by atomic mass is 10.1. The van der Waals surface area contributed by atoms with Crippen LogP contribution in [0.1, 0.15) is 21.7 Å². The van der Waals surface area contributed by atoms with E-state index in [-0.39, 0.29) is 5.91 Å². The van der Waals surface area contributed by atoms with Gasteiger partial charge >= 0.3 is 0 Å². The zero-order chi connectivity index (χ0) is 20.9. The molecule has 0 aliphatic rings. The van der Waals surface area contributed by atoms with Crippen molar-refractivity contribution in [3.63, 3.8) is 0 Å².